The van der Waals surface area contributed by atoms with E-state index in [1.165, 1.54) is 6.08 Å². The predicted molar refractivity (Wildman–Crippen MR) is 58.8 cm³/mol. The number of nitrogens with zero attached hydrogens (tertiary/aromatic N) is 1. The van der Waals surface area contributed by atoms with Crippen LogP contribution in [0.1, 0.15) is 11.5 Å². The first-order valence-corrected chi connectivity index (χ1v) is 4.91. The van der Waals surface area contributed by atoms with E-state index in [-0.39, 0.29) is 18.4 Å². The Morgan fingerprint density at radius 1 is 1.60 bits per heavy atom. The van der Waals surface area contributed by atoms with Crippen molar-refractivity contribution >= 4 is 11.6 Å². The molecule has 0 fully saturated rings. The first kappa shape index (κ1) is 9.93. The van der Waals surface area contributed by atoms with Crippen LogP contribution in [0, 0.1) is 0 Å². The maximum absolute atomic E-state index is 11.6. The Hall–Kier alpha value is -1.61. The summed E-state index contributed by atoms with van der Waals surface area (Å²) >= 11 is 0. The molecule has 3 nitrogen and oxygen atoms in total. The van der Waals surface area contributed by atoms with Crippen molar-refractivity contribution in [2.75, 3.05) is 18.1 Å². The minimum Gasteiger partial charge on any atom is -0.396 e. The molecule has 15 heavy (non-hydrogen) atoms. The van der Waals surface area contributed by atoms with E-state index in [1.807, 2.05) is 24.3 Å². The lowest BCUT2D eigenvalue weighted by atomic mass is 10.0. The number of carbonyl (C=O) groups excluding carboxylic acids is 1. The molecular formula is C12H13NO2. The standard InChI is InChI=1S/C12H13NO2/c1-2-12(15)13-7-9(8-14)10-5-3-4-6-11(10)13/h2-6,9,14H,1,7-8H2. The number of para-hydroxylation sites is 1. The number of amides is 1. The van der Waals surface area contributed by atoms with Gasteiger partial charge >= 0.3 is 0 Å². The second-order valence-corrected chi connectivity index (χ2v) is 3.59. The van der Waals surface area contributed by atoms with Gasteiger partial charge in [-0.05, 0) is 17.7 Å². The normalized spacial score (nSPS) is 18.7. The van der Waals surface area contributed by atoms with Gasteiger partial charge in [-0.1, -0.05) is 24.8 Å². The van der Waals surface area contributed by atoms with Crippen LogP contribution in [-0.2, 0) is 4.79 Å². The number of aliphatic hydroxyl groups excluding tert-OH is 1. The zero-order chi connectivity index (χ0) is 10.8. The van der Waals surface area contributed by atoms with E-state index in [4.69, 9.17) is 0 Å². The van der Waals surface area contributed by atoms with E-state index in [9.17, 15) is 9.90 Å². The van der Waals surface area contributed by atoms with Crippen LogP contribution in [0.15, 0.2) is 36.9 Å². The molecule has 1 N–H and O–H groups in total. The van der Waals surface area contributed by atoms with Crippen LogP contribution >= 0.6 is 0 Å². The minimum absolute atomic E-state index is 0.0325. The van der Waals surface area contributed by atoms with Crippen LogP contribution in [-0.4, -0.2) is 24.2 Å². The molecule has 1 unspecified atom stereocenters. The van der Waals surface area contributed by atoms with Crippen molar-refractivity contribution in [3.63, 3.8) is 0 Å². The van der Waals surface area contributed by atoms with Crippen molar-refractivity contribution in [2.24, 2.45) is 0 Å². The molecule has 0 aromatic heterocycles. The van der Waals surface area contributed by atoms with Crippen molar-refractivity contribution in [1.82, 2.24) is 0 Å². The summed E-state index contributed by atoms with van der Waals surface area (Å²) in [7, 11) is 0. The third-order valence-corrected chi connectivity index (χ3v) is 2.73. The number of rotatable bonds is 2. The van der Waals surface area contributed by atoms with Crippen LogP contribution < -0.4 is 4.90 Å². The molecular weight excluding hydrogens is 190 g/mol. The van der Waals surface area contributed by atoms with E-state index in [0.717, 1.165) is 11.3 Å². The van der Waals surface area contributed by atoms with E-state index in [2.05, 4.69) is 6.58 Å². The summed E-state index contributed by atoms with van der Waals surface area (Å²) in [6.45, 7) is 4.09. The molecule has 1 heterocycles. The lowest BCUT2D eigenvalue weighted by Gasteiger charge is -2.14. The minimum atomic E-state index is -0.113. The second kappa shape index (κ2) is 3.87. The average molecular weight is 203 g/mol. The molecule has 1 aromatic rings. The van der Waals surface area contributed by atoms with Gasteiger partial charge in [0.2, 0.25) is 5.91 Å². The quantitative estimate of drug-likeness (QED) is 0.736. The van der Waals surface area contributed by atoms with Gasteiger partial charge < -0.3 is 10.0 Å². The SMILES string of the molecule is C=CC(=O)N1CC(CO)c2ccccc21. The van der Waals surface area contributed by atoms with Gasteiger partial charge in [-0.25, -0.2) is 0 Å². The molecule has 0 saturated heterocycles. The first-order valence-electron chi connectivity index (χ1n) is 4.91. The van der Waals surface area contributed by atoms with Gasteiger partial charge in [-0.2, -0.15) is 0 Å². The monoisotopic (exact) mass is 203 g/mol. The highest BCUT2D eigenvalue weighted by atomic mass is 16.3. The molecule has 0 bridgehead atoms. The first-order chi connectivity index (χ1) is 7.27. The third kappa shape index (κ3) is 1.55. The zero-order valence-electron chi connectivity index (χ0n) is 8.39. The molecule has 1 aromatic carbocycles. The fourth-order valence-corrected chi connectivity index (χ4v) is 1.97. The molecule has 2 rings (SSSR count). The Labute approximate surface area is 88.6 Å². The summed E-state index contributed by atoms with van der Waals surface area (Å²) in [6.07, 6.45) is 1.30. The molecule has 0 radical (unpaired) electrons. The lowest BCUT2D eigenvalue weighted by molar-refractivity contribution is -0.114. The number of anilines is 1. The van der Waals surface area contributed by atoms with E-state index >= 15 is 0 Å². The summed E-state index contributed by atoms with van der Waals surface area (Å²) in [4.78, 5) is 13.2. The van der Waals surface area contributed by atoms with Crippen LogP contribution in [0.3, 0.4) is 0 Å². The summed E-state index contributed by atoms with van der Waals surface area (Å²) in [6, 6.07) is 7.66. The molecule has 0 saturated carbocycles. The highest BCUT2D eigenvalue weighted by molar-refractivity contribution is 6.02. The van der Waals surface area contributed by atoms with Gasteiger partial charge in [0.25, 0.3) is 0 Å². The molecule has 78 valence electrons. The maximum Gasteiger partial charge on any atom is 0.250 e. The number of benzene rings is 1. The fourth-order valence-electron chi connectivity index (χ4n) is 1.97. The molecule has 1 aliphatic rings. The number of fused-ring (bicyclic) bond motifs is 1. The van der Waals surface area contributed by atoms with Gasteiger partial charge in [0.15, 0.2) is 0 Å². The zero-order valence-corrected chi connectivity index (χ0v) is 8.39. The van der Waals surface area contributed by atoms with Crippen molar-refractivity contribution in [2.45, 2.75) is 5.92 Å². The topological polar surface area (TPSA) is 40.5 Å². The van der Waals surface area contributed by atoms with E-state index in [0.29, 0.717) is 6.54 Å². The van der Waals surface area contributed by atoms with Crippen LogP contribution in [0.25, 0.3) is 0 Å². The van der Waals surface area contributed by atoms with Gasteiger partial charge in [0.1, 0.15) is 0 Å². The van der Waals surface area contributed by atoms with Crippen molar-refractivity contribution in [1.29, 1.82) is 0 Å². The fraction of sp³-hybridized carbons (Fsp3) is 0.250. The number of hydrogen-bond acceptors (Lipinski definition) is 2. The largest absolute Gasteiger partial charge is 0.396 e. The molecule has 1 atom stereocenters. The smallest absolute Gasteiger partial charge is 0.250 e. The lowest BCUT2D eigenvalue weighted by Crippen LogP contribution is -2.28. The van der Waals surface area contributed by atoms with Crippen LogP contribution in [0.4, 0.5) is 5.69 Å². The van der Waals surface area contributed by atoms with Gasteiger partial charge in [-0.3, -0.25) is 4.79 Å². The number of aliphatic hydroxyl groups is 1. The Bertz CT molecular complexity index is 400. The van der Waals surface area contributed by atoms with Crippen molar-refractivity contribution in [3.8, 4) is 0 Å². The number of carbonyl (C=O) groups is 1. The van der Waals surface area contributed by atoms with Gasteiger partial charge in [0.05, 0.1) is 6.61 Å². The predicted octanol–water partition coefficient (Wildman–Crippen LogP) is 1.30. The molecule has 3 heteroatoms. The summed E-state index contributed by atoms with van der Waals surface area (Å²) in [5.41, 5.74) is 1.93. The molecule has 1 amide bonds. The summed E-state index contributed by atoms with van der Waals surface area (Å²) in [5.74, 6) is -0.0801. The summed E-state index contributed by atoms with van der Waals surface area (Å²) < 4.78 is 0. The molecule has 0 aliphatic carbocycles. The van der Waals surface area contributed by atoms with Gasteiger partial charge in [0, 0.05) is 18.2 Å². The third-order valence-electron chi connectivity index (χ3n) is 2.73. The van der Waals surface area contributed by atoms with Gasteiger partial charge in [-0.15, -0.1) is 0 Å². The molecule has 0 spiro atoms. The van der Waals surface area contributed by atoms with Crippen LogP contribution in [0.2, 0.25) is 0 Å². The van der Waals surface area contributed by atoms with Crippen molar-refractivity contribution < 1.29 is 9.90 Å². The van der Waals surface area contributed by atoms with Crippen LogP contribution in [0.5, 0.6) is 0 Å². The molecule has 1 aliphatic heterocycles. The van der Waals surface area contributed by atoms with E-state index in [1.54, 1.807) is 4.90 Å². The highest BCUT2D eigenvalue weighted by Gasteiger charge is 2.30. The second-order valence-electron chi connectivity index (χ2n) is 3.59. The average Bonchev–Trinajstić information content (AvgIpc) is 2.67. The highest BCUT2D eigenvalue weighted by Crippen LogP contribution is 2.35. The maximum atomic E-state index is 11.6. The Balaban J connectivity index is 2.41. The Morgan fingerprint density at radius 3 is 3.00 bits per heavy atom. The summed E-state index contributed by atoms with van der Waals surface area (Å²) in [5, 5.41) is 9.22. The number of hydrogen-bond donors (Lipinski definition) is 1. The Kier molecular flexibility index (Phi) is 2.56. The van der Waals surface area contributed by atoms with Crippen molar-refractivity contribution in [3.05, 3.63) is 42.5 Å². The van der Waals surface area contributed by atoms with E-state index < -0.39 is 0 Å². The Morgan fingerprint density at radius 2 is 2.33 bits per heavy atom.